The Bertz CT molecular complexity index is 799. The van der Waals surface area contributed by atoms with E-state index in [9.17, 15) is 9.59 Å². The average molecular weight is 367 g/mol. The molecule has 1 aromatic carbocycles. The molecule has 1 fully saturated rings. The van der Waals surface area contributed by atoms with E-state index in [0.29, 0.717) is 17.3 Å². The zero-order valence-electron chi connectivity index (χ0n) is 13.0. The molecule has 1 aromatic heterocycles. The number of halogens is 2. The van der Waals surface area contributed by atoms with Gasteiger partial charge in [0.1, 0.15) is 10.7 Å². The van der Waals surface area contributed by atoms with Gasteiger partial charge >= 0.3 is 0 Å². The van der Waals surface area contributed by atoms with Crippen LogP contribution in [0.1, 0.15) is 34.5 Å². The van der Waals surface area contributed by atoms with E-state index >= 15 is 0 Å². The Morgan fingerprint density at radius 2 is 1.96 bits per heavy atom. The second-order valence-corrected chi connectivity index (χ2v) is 6.48. The summed E-state index contributed by atoms with van der Waals surface area (Å²) in [6, 6.07) is 7.35. The third-order valence-corrected chi connectivity index (χ3v) is 4.57. The van der Waals surface area contributed by atoms with Gasteiger partial charge in [-0.3, -0.25) is 20.4 Å². The number of aromatic nitrogens is 2. The highest BCUT2D eigenvalue weighted by atomic mass is 35.5. The molecule has 24 heavy (non-hydrogen) atoms. The maximum atomic E-state index is 12.3. The van der Waals surface area contributed by atoms with Gasteiger partial charge in [-0.15, -0.1) is 0 Å². The van der Waals surface area contributed by atoms with Crippen molar-refractivity contribution in [1.29, 1.82) is 0 Å². The molecule has 8 heteroatoms. The molecule has 126 valence electrons. The van der Waals surface area contributed by atoms with E-state index in [1.54, 1.807) is 13.0 Å². The number of nitrogens with one attached hydrogen (secondary N) is 2. The largest absolute Gasteiger partial charge is 0.274 e. The first-order valence-corrected chi connectivity index (χ1v) is 8.29. The lowest BCUT2D eigenvalue weighted by Gasteiger charge is -2.07. The second-order valence-electron chi connectivity index (χ2n) is 5.72. The van der Waals surface area contributed by atoms with Crippen molar-refractivity contribution in [2.24, 2.45) is 5.92 Å². The highest BCUT2D eigenvalue weighted by molar-refractivity contribution is 6.33. The Hall–Kier alpha value is -2.05. The predicted octanol–water partition coefficient (Wildman–Crippen LogP) is 2.72. The van der Waals surface area contributed by atoms with Crippen LogP contribution < -0.4 is 10.9 Å². The van der Waals surface area contributed by atoms with Gasteiger partial charge in [0.15, 0.2) is 0 Å². The minimum absolute atomic E-state index is 0.00446. The van der Waals surface area contributed by atoms with Crippen LogP contribution in [0.4, 0.5) is 0 Å². The molecule has 0 saturated heterocycles. The smallest absolute Gasteiger partial charge is 0.273 e. The molecule has 6 nitrogen and oxygen atoms in total. The number of rotatable bonds is 4. The Kier molecular flexibility index (Phi) is 4.78. The van der Waals surface area contributed by atoms with Gasteiger partial charge in [0.05, 0.1) is 12.2 Å². The summed E-state index contributed by atoms with van der Waals surface area (Å²) in [4.78, 5) is 23.9. The number of amides is 2. The van der Waals surface area contributed by atoms with Crippen LogP contribution in [0.25, 0.3) is 0 Å². The minimum atomic E-state index is -0.489. The highest BCUT2D eigenvalue weighted by Gasteiger charge is 2.30. The van der Waals surface area contributed by atoms with Crippen LogP contribution in [0.15, 0.2) is 24.3 Å². The molecule has 0 bridgehead atoms. The third kappa shape index (κ3) is 3.55. The third-order valence-electron chi connectivity index (χ3n) is 3.82. The normalized spacial score (nSPS) is 13.6. The molecule has 1 aliphatic carbocycles. The van der Waals surface area contributed by atoms with Crippen LogP contribution in [-0.4, -0.2) is 21.6 Å². The molecule has 1 saturated carbocycles. The van der Waals surface area contributed by atoms with Gasteiger partial charge in [-0.1, -0.05) is 41.4 Å². The fourth-order valence-electron chi connectivity index (χ4n) is 2.33. The number of nitrogens with zero attached hydrogens (tertiary/aromatic N) is 2. The van der Waals surface area contributed by atoms with Gasteiger partial charge in [0.2, 0.25) is 5.91 Å². The van der Waals surface area contributed by atoms with Gasteiger partial charge < -0.3 is 0 Å². The van der Waals surface area contributed by atoms with Gasteiger partial charge in [0.25, 0.3) is 5.91 Å². The van der Waals surface area contributed by atoms with Crippen molar-refractivity contribution in [1.82, 2.24) is 20.6 Å². The summed E-state index contributed by atoms with van der Waals surface area (Å²) in [6.07, 6.45) is 1.72. The maximum Gasteiger partial charge on any atom is 0.274 e. The Morgan fingerprint density at radius 3 is 2.62 bits per heavy atom. The van der Waals surface area contributed by atoms with Crippen molar-refractivity contribution in [2.45, 2.75) is 26.3 Å². The van der Waals surface area contributed by atoms with Crippen LogP contribution in [0.3, 0.4) is 0 Å². The van der Waals surface area contributed by atoms with E-state index in [1.807, 2.05) is 18.2 Å². The van der Waals surface area contributed by atoms with Crippen molar-refractivity contribution in [3.63, 3.8) is 0 Å². The molecule has 0 radical (unpaired) electrons. The summed E-state index contributed by atoms with van der Waals surface area (Å²) in [5.74, 6) is -0.665. The fraction of sp³-hybridized carbons (Fsp3) is 0.312. The number of hydrogen-bond acceptors (Lipinski definition) is 3. The van der Waals surface area contributed by atoms with Crippen molar-refractivity contribution in [3.05, 3.63) is 51.3 Å². The van der Waals surface area contributed by atoms with Crippen LogP contribution in [0, 0.1) is 12.8 Å². The molecule has 0 aliphatic heterocycles. The number of aryl methyl sites for hydroxylation is 1. The van der Waals surface area contributed by atoms with Crippen LogP contribution in [0.5, 0.6) is 0 Å². The average Bonchev–Trinajstić information content (AvgIpc) is 3.35. The van der Waals surface area contributed by atoms with Gasteiger partial charge in [0, 0.05) is 10.9 Å². The molecular weight excluding hydrogens is 351 g/mol. The van der Waals surface area contributed by atoms with Crippen molar-refractivity contribution < 1.29 is 9.59 Å². The van der Waals surface area contributed by atoms with Gasteiger partial charge in [-0.05, 0) is 31.4 Å². The first kappa shape index (κ1) is 16.8. The zero-order valence-corrected chi connectivity index (χ0v) is 14.5. The lowest BCUT2D eigenvalue weighted by Crippen LogP contribution is -2.42. The lowest BCUT2D eigenvalue weighted by atomic mass is 10.2. The molecule has 1 aliphatic rings. The lowest BCUT2D eigenvalue weighted by molar-refractivity contribution is -0.123. The van der Waals surface area contributed by atoms with Crippen LogP contribution in [0.2, 0.25) is 10.2 Å². The molecule has 1 heterocycles. The number of carbonyl (C=O) groups excluding carboxylic acids is 2. The first-order chi connectivity index (χ1) is 11.5. The van der Waals surface area contributed by atoms with E-state index in [1.165, 1.54) is 4.68 Å². The van der Waals surface area contributed by atoms with E-state index in [2.05, 4.69) is 16.0 Å². The molecule has 2 aromatic rings. The quantitative estimate of drug-likeness (QED) is 0.816. The summed E-state index contributed by atoms with van der Waals surface area (Å²) in [5, 5.41) is 5.10. The second kappa shape index (κ2) is 6.83. The first-order valence-electron chi connectivity index (χ1n) is 7.54. The molecule has 0 unspecified atom stereocenters. The van der Waals surface area contributed by atoms with E-state index in [4.69, 9.17) is 23.2 Å². The number of carbonyl (C=O) groups is 2. The number of hydrazine groups is 1. The zero-order chi connectivity index (χ0) is 17.3. The Morgan fingerprint density at radius 1 is 1.25 bits per heavy atom. The monoisotopic (exact) mass is 366 g/mol. The molecular formula is C16H16Cl2N4O2. The topological polar surface area (TPSA) is 76.0 Å². The van der Waals surface area contributed by atoms with Crippen molar-refractivity contribution >= 4 is 35.0 Å². The summed E-state index contributed by atoms with van der Waals surface area (Å²) < 4.78 is 1.51. The Balaban J connectivity index is 1.74. The van der Waals surface area contributed by atoms with E-state index in [-0.39, 0.29) is 22.5 Å². The van der Waals surface area contributed by atoms with Gasteiger partial charge in [-0.2, -0.15) is 5.10 Å². The molecule has 2 N–H and O–H groups in total. The standard InChI is InChI=1S/C16H16Cl2N4O2/c1-9-13(16(24)20-19-15(23)10-6-7-10)14(18)22(21-9)8-11-4-2-3-5-12(11)17/h2-5,10H,6-8H2,1H3,(H,19,23)(H,20,24). The Labute approximate surface area is 149 Å². The van der Waals surface area contributed by atoms with Crippen LogP contribution in [-0.2, 0) is 11.3 Å². The fourth-order valence-corrected chi connectivity index (χ4v) is 2.85. The number of hydrogen-bond donors (Lipinski definition) is 2. The summed E-state index contributed by atoms with van der Waals surface area (Å²) in [7, 11) is 0. The molecule has 0 atom stereocenters. The maximum absolute atomic E-state index is 12.3. The minimum Gasteiger partial charge on any atom is -0.273 e. The summed E-state index contributed by atoms with van der Waals surface area (Å²) in [6.45, 7) is 2.04. The highest BCUT2D eigenvalue weighted by Crippen LogP contribution is 2.28. The SMILES string of the molecule is Cc1nn(Cc2ccccc2Cl)c(Cl)c1C(=O)NNC(=O)C1CC1. The summed E-state index contributed by atoms with van der Waals surface area (Å²) >= 11 is 12.4. The molecule has 2 amide bonds. The van der Waals surface area contributed by atoms with E-state index < -0.39 is 5.91 Å². The molecule has 0 spiro atoms. The van der Waals surface area contributed by atoms with Crippen LogP contribution >= 0.6 is 23.2 Å². The predicted molar refractivity (Wildman–Crippen MR) is 90.9 cm³/mol. The number of benzene rings is 1. The van der Waals surface area contributed by atoms with Gasteiger partial charge in [-0.25, -0.2) is 4.68 Å². The van der Waals surface area contributed by atoms with E-state index in [0.717, 1.165) is 18.4 Å². The van der Waals surface area contributed by atoms with Crippen molar-refractivity contribution in [2.75, 3.05) is 0 Å². The summed E-state index contributed by atoms with van der Waals surface area (Å²) in [5.41, 5.74) is 6.36. The molecule has 3 rings (SSSR count). The van der Waals surface area contributed by atoms with Crippen molar-refractivity contribution in [3.8, 4) is 0 Å².